The van der Waals surface area contributed by atoms with Crippen LogP contribution in [0.1, 0.15) is 36.3 Å². The van der Waals surface area contributed by atoms with Gasteiger partial charge >= 0.3 is 0 Å². The highest BCUT2D eigenvalue weighted by atomic mass is 14.3. The molecule has 1 aliphatic rings. The Morgan fingerprint density at radius 1 is 1.31 bits per heavy atom. The fourth-order valence-corrected chi connectivity index (χ4v) is 1.99. The van der Waals surface area contributed by atoms with Crippen molar-refractivity contribution in [3.05, 3.63) is 48.0 Å². The van der Waals surface area contributed by atoms with Crippen LogP contribution in [-0.4, -0.2) is 0 Å². The Bertz CT molecular complexity index is 295. The molecule has 1 aliphatic carbocycles. The summed E-state index contributed by atoms with van der Waals surface area (Å²) in [6, 6.07) is 8.79. The smallest absolute Gasteiger partial charge is 0.00973 e. The third-order valence-electron chi connectivity index (χ3n) is 2.96. The van der Waals surface area contributed by atoms with Gasteiger partial charge in [-0.25, -0.2) is 0 Å². The predicted octanol–water partition coefficient (Wildman–Crippen LogP) is 3.68. The van der Waals surface area contributed by atoms with Crippen molar-refractivity contribution in [1.82, 2.24) is 0 Å². The first kappa shape index (κ1) is 8.55. The summed E-state index contributed by atoms with van der Waals surface area (Å²) in [4.78, 5) is 0. The molecule has 0 nitrogen and oxygen atoms in total. The van der Waals surface area contributed by atoms with Crippen molar-refractivity contribution in [2.45, 2.75) is 31.6 Å². The third-order valence-corrected chi connectivity index (χ3v) is 2.96. The number of hydrogen-bond donors (Lipinski definition) is 0. The van der Waals surface area contributed by atoms with Crippen molar-refractivity contribution in [2.24, 2.45) is 0 Å². The van der Waals surface area contributed by atoms with Crippen molar-refractivity contribution in [3.8, 4) is 0 Å². The largest absolute Gasteiger partial charge is 0.103 e. The molecule has 0 aromatic heterocycles. The van der Waals surface area contributed by atoms with E-state index in [0.29, 0.717) is 0 Å². The number of allylic oxidation sites excluding steroid dienone is 1. The molecule has 0 heterocycles. The molecule has 1 fully saturated rings. The molecule has 1 saturated carbocycles. The summed E-state index contributed by atoms with van der Waals surface area (Å²) >= 11 is 0. The second kappa shape index (κ2) is 3.78. The third kappa shape index (κ3) is 1.67. The molecule has 0 heteroatoms. The van der Waals surface area contributed by atoms with Gasteiger partial charge in [-0.2, -0.15) is 0 Å². The van der Waals surface area contributed by atoms with Crippen LogP contribution in [0.25, 0.3) is 0 Å². The van der Waals surface area contributed by atoms with Gasteiger partial charge in [0.05, 0.1) is 0 Å². The minimum Gasteiger partial charge on any atom is -0.103 e. The first-order chi connectivity index (χ1) is 6.42. The van der Waals surface area contributed by atoms with Gasteiger partial charge in [0.15, 0.2) is 0 Å². The molecular formula is C13H16. The van der Waals surface area contributed by atoms with E-state index < -0.39 is 0 Å². The maximum Gasteiger partial charge on any atom is -0.00973 e. The summed E-state index contributed by atoms with van der Waals surface area (Å²) in [5.74, 6) is 0.844. The van der Waals surface area contributed by atoms with Crippen LogP contribution in [-0.2, 0) is 6.42 Å². The van der Waals surface area contributed by atoms with E-state index in [-0.39, 0.29) is 0 Å². The van der Waals surface area contributed by atoms with Crippen LogP contribution in [0.5, 0.6) is 0 Å². The summed E-state index contributed by atoms with van der Waals surface area (Å²) in [5.41, 5.74) is 3.04. The van der Waals surface area contributed by atoms with E-state index in [1.54, 1.807) is 5.56 Å². The lowest BCUT2D eigenvalue weighted by Gasteiger charge is -2.27. The van der Waals surface area contributed by atoms with Crippen LogP contribution in [0.15, 0.2) is 36.9 Å². The Hall–Kier alpha value is -1.04. The lowest BCUT2D eigenvalue weighted by atomic mass is 9.78. The van der Waals surface area contributed by atoms with Crippen molar-refractivity contribution >= 4 is 0 Å². The summed E-state index contributed by atoms with van der Waals surface area (Å²) in [6.07, 6.45) is 7.19. The van der Waals surface area contributed by atoms with E-state index in [9.17, 15) is 0 Å². The van der Waals surface area contributed by atoms with Crippen molar-refractivity contribution in [2.75, 3.05) is 0 Å². The predicted molar refractivity (Wildman–Crippen MR) is 56.9 cm³/mol. The minimum absolute atomic E-state index is 0.844. The molecule has 2 rings (SSSR count). The van der Waals surface area contributed by atoms with Crippen LogP contribution in [0, 0.1) is 0 Å². The monoisotopic (exact) mass is 172 g/mol. The summed E-state index contributed by atoms with van der Waals surface area (Å²) in [6.45, 7) is 3.80. The lowest BCUT2D eigenvalue weighted by molar-refractivity contribution is 0.418. The molecule has 0 radical (unpaired) electrons. The molecule has 0 amide bonds. The van der Waals surface area contributed by atoms with Crippen LogP contribution < -0.4 is 0 Å². The van der Waals surface area contributed by atoms with Gasteiger partial charge in [0.25, 0.3) is 0 Å². The van der Waals surface area contributed by atoms with Crippen LogP contribution in [0.3, 0.4) is 0 Å². The molecule has 0 unspecified atom stereocenters. The zero-order valence-electron chi connectivity index (χ0n) is 8.00. The highest BCUT2D eigenvalue weighted by molar-refractivity contribution is 5.32. The van der Waals surface area contributed by atoms with Gasteiger partial charge < -0.3 is 0 Å². The van der Waals surface area contributed by atoms with Crippen LogP contribution >= 0.6 is 0 Å². The Morgan fingerprint density at radius 3 is 2.69 bits per heavy atom. The summed E-state index contributed by atoms with van der Waals surface area (Å²) in [5, 5.41) is 0. The lowest BCUT2D eigenvalue weighted by Crippen LogP contribution is -2.10. The topological polar surface area (TPSA) is 0 Å². The molecule has 1 aromatic rings. The highest BCUT2D eigenvalue weighted by Crippen LogP contribution is 2.37. The minimum atomic E-state index is 0.844. The Kier molecular flexibility index (Phi) is 2.49. The van der Waals surface area contributed by atoms with E-state index in [0.717, 1.165) is 12.3 Å². The molecule has 0 aliphatic heterocycles. The molecule has 0 bridgehead atoms. The standard InChI is InChI=1S/C13H16/c1-2-6-11-7-3-4-10-13(11)12-8-5-9-12/h2-4,7,10,12H,1,5-6,8-9H2. The van der Waals surface area contributed by atoms with Crippen LogP contribution in [0.2, 0.25) is 0 Å². The van der Waals surface area contributed by atoms with Crippen molar-refractivity contribution in [1.29, 1.82) is 0 Å². The normalized spacial score (nSPS) is 16.6. The molecule has 0 N–H and O–H groups in total. The van der Waals surface area contributed by atoms with Crippen molar-refractivity contribution in [3.63, 3.8) is 0 Å². The fourth-order valence-electron chi connectivity index (χ4n) is 1.99. The number of benzene rings is 1. The molecule has 68 valence electrons. The van der Waals surface area contributed by atoms with Gasteiger partial charge in [0, 0.05) is 0 Å². The number of hydrogen-bond acceptors (Lipinski definition) is 0. The Balaban J connectivity index is 2.25. The van der Waals surface area contributed by atoms with E-state index in [1.165, 1.54) is 24.8 Å². The van der Waals surface area contributed by atoms with Gasteiger partial charge in [-0.15, -0.1) is 6.58 Å². The average molecular weight is 172 g/mol. The zero-order valence-corrected chi connectivity index (χ0v) is 8.00. The second-order valence-corrected chi connectivity index (χ2v) is 3.82. The highest BCUT2D eigenvalue weighted by Gasteiger charge is 2.20. The zero-order chi connectivity index (χ0) is 9.10. The molecule has 0 saturated heterocycles. The maximum absolute atomic E-state index is 3.80. The first-order valence-corrected chi connectivity index (χ1v) is 5.10. The van der Waals surface area contributed by atoms with Crippen molar-refractivity contribution < 1.29 is 0 Å². The van der Waals surface area contributed by atoms with Gasteiger partial charge in [-0.1, -0.05) is 36.8 Å². The Labute approximate surface area is 80.3 Å². The number of rotatable bonds is 3. The molecule has 13 heavy (non-hydrogen) atoms. The fraction of sp³-hybridized carbons (Fsp3) is 0.385. The average Bonchev–Trinajstić information content (AvgIpc) is 2.05. The van der Waals surface area contributed by atoms with E-state index in [1.807, 2.05) is 6.08 Å². The Morgan fingerprint density at radius 2 is 2.08 bits per heavy atom. The summed E-state index contributed by atoms with van der Waals surface area (Å²) < 4.78 is 0. The van der Waals surface area contributed by atoms with Gasteiger partial charge in [0.2, 0.25) is 0 Å². The quantitative estimate of drug-likeness (QED) is 0.610. The second-order valence-electron chi connectivity index (χ2n) is 3.82. The molecular weight excluding hydrogens is 156 g/mol. The SMILES string of the molecule is C=CCc1ccccc1C1CCC1. The first-order valence-electron chi connectivity index (χ1n) is 5.10. The van der Waals surface area contributed by atoms with Crippen LogP contribution in [0.4, 0.5) is 0 Å². The van der Waals surface area contributed by atoms with Gasteiger partial charge in [-0.3, -0.25) is 0 Å². The maximum atomic E-state index is 3.80. The van der Waals surface area contributed by atoms with Gasteiger partial charge in [-0.05, 0) is 36.3 Å². The van der Waals surface area contributed by atoms with E-state index in [4.69, 9.17) is 0 Å². The summed E-state index contributed by atoms with van der Waals surface area (Å²) in [7, 11) is 0. The molecule has 0 spiro atoms. The molecule has 0 atom stereocenters. The van der Waals surface area contributed by atoms with E-state index in [2.05, 4.69) is 30.8 Å². The van der Waals surface area contributed by atoms with Gasteiger partial charge in [0.1, 0.15) is 0 Å². The molecule has 1 aromatic carbocycles. The van der Waals surface area contributed by atoms with E-state index >= 15 is 0 Å².